The molecule has 0 unspecified atom stereocenters. The summed E-state index contributed by atoms with van der Waals surface area (Å²) in [6.07, 6.45) is 0.171. The first kappa shape index (κ1) is 16.4. The number of piperazine rings is 1. The van der Waals surface area contributed by atoms with Gasteiger partial charge in [-0.15, -0.1) is 0 Å². The molecule has 1 aromatic carbocycles. The number of carboxylic acids is 1. The van der Waals surface area contributed by atoms with Crippen LogP contribution in [0.2, 0.25) is 10.0 Å². The molecule has 2 N–H and O–H groups in total. The second-order valence-corrected chi connectivity index (χ2v) is 6.00. The maximum atomic E-state index is 10.6. The number of carbonyl (C=O) groups is 1. The molecule has 0 amide bonds. The highest BCUT2D eigenvalue weighted by molar-refractivity contribution is 6.35. The predicted octanol–water partition coefficient (Wildman–Crippen LogP) is 2.29. The van der Waals surface area contributed by atoms with E-state index in [-0.39, 0.29) is 17.2 Å². The molecule has 0 aliphatic carbocycles. The van der Waals surface area contributed by atoms with E-state index in [2.05, 4.69) is 9.80 Å². The Morgan fingerprint density at radius 3 is 2.38 bits per heavy atom. The van der Waals surface area contributed by atoms with E-state index in [0.717, 1.165) is 26.2 Å². The third kappa shape index (κ3) is 4.74. The van der Waals surface area contributed by atoms with E-state index in [1.165, 1.54) is 6.07 Å². The van der Waals surface area contributed by atoms with E-state index < -0.39 is 5.97 Å². The van der Waals surface area contributed by atoms with Gasteiger partial charge >= 0.3 is 5.97 Å². The molecular formula is C14H18Cl2N2O3. The Kier molecular flexibility index (Phi) is 5.70. The van der Waals surface area contributed by atoms with E-state index in [1.54, 1.807) is 6.07 Å². The van der Waals surface area contributed by atoms with Crippen molar-refractivity contribution in [2.24, 2.45) is 0 Å². The lowest BCUT2D eigenvalue weighted by Crippen LogP contribution is -2.46. The standard InChI is InChI=1S/C14H18Cl2N2O3/c15-11-7-10(14(21)12(16)8-11)9-18-5-3-17(4-6-18)2-1-13(19)20/h7-8,21H,1-6,9H2,(H,19,20). The van der Waals surface area contributed by atoms with Gasteiger partial charge < -0.3 is 15.1 Å². The quantitative estimate of drug-likeness (QED) is 0.866. The second kappa shape index (κ2) is 7.31. The number of halogens is 2. The summed E-state index contributed by atoms with van der Waals surface area (Å²) >= 11 is 11.9. The minimum Gasteiger partial charge on any atom is -0.506 e. The maximum absolute atomic E-state index is 10.6. The summed E-state index contributed by atoms with van der Waals surface area (Å²) in [5.41, 5.74) is 0.714. The zero-order valence-corrected chi connectivity index (χ0v) is 13.1. The molecule has 1 heterocycles. The molecule has 7 heteroatoms. The van der Waals surface area contributed by atoms with Crippen molar-refractivity contribution in [2.75, 3.05) is 32.7 Å². The van der Waals surface area contributed by atoms with Gasteiger partial charge in [0.1, 0.15) is 5.75 Å². The molecule has 1 fully saturated rings. The number of carboxylic acid groups (broad SMARTS) is 1. The highest BCUT2D eigenvalue weighted by atomic mass is 35.5. The molecule has 5 nitrogen and oxygen atoms in total. The first-order chi connectivity index (χ1) is 9.95. The monoisotopic (exact) mass is 332 g/mol. The molecule has 0 saturated carbocycles. The first-order valence-electron chi connectivity index (χ1n) is 6.79. The van der Waals surface area contributed by atoms with Gasteiger partial charge in [-0.3, -0.25) is 9.69 Å². The largest absolute Gasteiger partial charge is 0.506 e. The second-order valence-electron chi connectivity index (χ2n) is 5.16. The van der Waals surface area contributed by atoms with Gasteiger partial charge in [-0.2, -0.15) is 0 Å². The predicted molar refractivity (Wildman–Crippen MR) is 82.1 cm³/mol. The van der Waals surface area contributed by atoms with Crippen molar-refractivity contribution < 1.29 is 15.0 Å². The van der Waals surface area contributed by atoms with Gasteiger partial charge in [0.25, 0.3) is 0 Å². The first-order valence-corrected chi connectivity index (χ1v) is 7.54. The number of aliphatic carboxylic acids is 1. The summed E-state index contributed by atoms with van der Waals surface area (Å²) in [7, 11) is 0. The molecule has 0 radical (unpaired) electrons. The van der Waals surface area contributed by atoms with Crippen LogP contribution in [0.3, 0.4) is 0 Å². The maximum Gasteiger partial charge on any atom is 0.304 e. The Labute approximate surface area is 133 Å². The Morgan fingerprint density at radius 2 is 1.76 bits per heavy atom. The number of phenolic OH excluding ortho intramolecular Hbond substituents is 1. The molecule has 1 aliphatic heterocycles. The van der Waals surface area contributed by atoms with Crippen LogP contribution >= 0.6 is 23.2 Å². The Morgan fingerprint density at radius 1 is 1.14 bits per heavy atom. The zero-order valence-electron chi connectivity index (χ0n) is 11.6. The smallest absolute Gasteiger partial charge is 0.304 e. The van der Waals surface area contributed by atoms with Crippen LogP contribution in [0.25, 0.3) is 0 Å². The summed E-state index contributed by atoms with van der Waals surface area (Å²) in [5.74, 6) is -0.690. The summed E-state index contributed by atoms with van der Waals surface area (Å²) in [6, 6.07) is 3.24. The van der Waals surface area contributed by atoms with Gasteiger partial charge in [-0.25, -0.2) is 0 Å². The third-order valence-corrected chi connectivity index (χ3v) is 4.11. The van der Waals surface area contributed by atoms with Crippen molar-refractivity contribution >= 4 is 29.2 Å². The van der Waals surface area contributed by atoms with Gasteiger partial charge in [-0.1, -0.05) is 23.2 Å². The van der Waals surface area contributed by atoms with E-state index >= 15 is 0 Å². The fraction of sp³-hybridized carbons (Fsp3) is 0.500. The van der Waals surface area contributed by atoms with Crippen LogP contribution in [0.4, 0.5) is 0 Å². The molecule has 0 spiro atoms. The molecule has 0 atom stereocenters. The average molecular weight is 333 g/mol. The molecule has 1 aromatic rings. The van der Waals surface area contributed by atoms with Crippen molar-refractivity contribution in [3.05, 3.63) is 27.7 Å². The average Bonchev–Trinajstić information content (AvgIpc) is 2.43. The topological polar surface area (TPSA) is 64.0 Å². The van der Waals surface area contributed by atoms with E-state index in [0.29, 0.717) is 23.7 Å². The molecule has 116 valence electrons. The Bertz CT molecular complexity index is 517. The van der Waals surface area contributed by atoms with Gasteiger partial charge in [0.05, 0.1) is 11.4 Å². The van der Waals surface area contributed by atoms with Gasteiger partial charge in [-0.05, 0) is 12.1 Å². The van der Waals surface area contributed by atoms with Crippen molar-refractivity contribution in [2.45, 2.75) is 13.0 Å². The summed E-state index contributed by atoms with van der Waals surface area (Å²) in [5, 5.41) is 19.4. The Balaban J connectivity index is 1.88. The van der Waals surface area contributed by atoms with Crippen LogP contribution < -0.4 is 0 Å². The van der Waals surface area contributed by atoms with Crippen molar-refractivity contribution in [1.82, 2.24) is 9.80 Å². The third-order valence-electron chi connectivity index (χ3n) is 3.61. The molecule has 21 heavy (non-hydrogen) atoms. The molecule has 1 saturated heterocycles. The van der Waals surface area contributed by atoms with Crippen LogP contribution in [0, 0.1) is 0 Å². The Hall–Kier alpha value is -1.01. The summed E-state index contributed by atoms with van der Waals surface area (Å²) in [4.78, 5) is 14.9. The normalized spacial score (nSPS) is 17.0. The lowest BCUT2D eigenvalue weighted by Gasteiger charge is -2.34. The van der Waals surface area contributed by atoms with Gasteiger partial charge in [0.15, 0.2) is 0 Å². The minimum atomic E-state index is -0.768. The number of phenols is 1. The molecular weight excluding hydrogens is 315 g/mol. The molecule has 0 aromatic heterocycles. The molecule has 0 bridgehead atoms. The number of aromatic hydroxyl groups is 1. The highest BCUT2D eigenvalue weighted by Crippen LogP contribution is 2.32. The summed E-state index contributed by atoms with van der Waals surface area (Å²) in [6.45, 7) is 4.45. The van der Waals surface area contributed by atoms with Gasteiger partial charge in [0, 0.05) is 49.9 Å². The highest BCUT2D eigenvalue weighted by Gasteiger charge is 2.19. The molecule has 1 aliphatic rings. The van der Waals surface area contributed by atoms with Crippen LogP contribution in [0.15, 0.2) is 12.1 Å². The zero-order chi connectivity index (χ0) is 15.4. The van der Waals surface area contributed by atoms with Crippen LogP contribution in [-0.2, 0) is 11.3 Å². The van der Waals surface area contributed by atoms with Crippen molar-refractivity contribution in [3.63, 3.8) is 0 Å². The van der Waals surface area contributed by atoms with Crippen LogP contribution in [0.1, 0.15) is 12.0 Å². The van der Waals surface area contributed by atoms with Crippen molar-refractivity contribution in [1.29, 1.82) is 0 Å². The summed E-state index contributed by atoms with van der Waals surface area (Å²) < 4.78 is 0. The SMILES string of the molecule is O=C(O)CCN1CCN(Cc2cc(Cl)cc(Cl)c2O)CC1. The van der Waals surface area contributed by atoms with Crippen molar-refractivity contribution in [3.8, 4) is 5.75 Å². The number of hydrogen-bond acceptors (Lipinski definition) is 4. The number of nitrogens with zero attached hydrogens (tertiary/aromatic N) is 2. The van der Waals surface area contributed by atoms with Crippen LogP contribution in [0.5, 0.6) is 5.75 Å². The number of rotatable bonds is 5. The van der Waals surface area contributed by atoms with Gasteiger partial charge in [0.2, 0.25) is 0 Å². The fourth-order valence-electron chi connectivity index (χ4n) is 2.41. The lowest BCUT2D eigenvalue weighted by molar-refractivity contribution is -0.137. The van der Waals surface area contributed by atoms with E-state index in [9.17, 15) is 9.90 Å². The lowest BCUT2D eigenvalue weighted by atomic mass is 10.1. The minimum absolute atomic E-state index is 0.0781. The molecule has 2 rings (SSSR count). The number of benzene rings is 1. The van der Waals surface area contributed by atoms with E-state index in [4.69, 9.17) is 28.3 Å². The van der Waals surface area contributed by atoms with Crippen LogP contribution in [-0.4, -0.2) is 58.7 Å². The fourth-order valence-corrected chi connectivity index (χ4v) is 2.94. The van der Waals surface area contributed by atoms with E-state index in [1.807, 2.05) is 0 Å². The number of hydrogen-bond donors (Lipinski definition) is 2.